The van der Waals surface area contributed by atoms with E-state index < -0.39 is 0 Å². The maximum atomic E-state index is 12.7. The van der Waals surface area contributed by atoms with Crippen LogP contribution in [0.4, 0.5) is 5.69 Å². The first kappa shape index (κ1) is 19.5. The molecule has 1 saturated heterocycles. The van der Waals surface area contributed by atoms with E-state index in [0.29, 0.717) is 17.7 Å². The molecule has 27 heavy (non-hydrogen) atoms. The lowest BCUT2D eigenvalue weighted by Crippen LogP contribution is -2.37. The van der Waals surface area contributed by atoms with Crippen molar-refractivity contribution >= 4 is 29.3 Å². The number of benzene rings is 2. The van der Waals surface area contributed by atoms with Crippen LogP contribution in [0.2, 0.25) is 0 Å². The molecule has 2 amide bonds. The van der Waals surface area contributed by atoms with Gasteiger partial charge in [-0.25, -0.2) is 0 Å². The maximum Gasteiger partial charge on any atom is 0.253 e. The number of nitrogens with zero attached hydrogens (tertiary/aromatic N) is 1. The summed E-state index contributed by atoms with van der Waals surface area (Å²) in [5, 5.41) is 2.99. The molecule has 2 aromatic rings. The van der Waals surface area contributed by atoms with Crippen molar-refractivity contribution in [3.63, 3.8) is 0 Å². The maximum absolute atomic E-state index is 12.7. The van der Waals surface area contributed by atoms with Crippen molar-refractivity contribution in [1.29, 1.82) is 0 Å². The van der Waals surface area contributed by atoms with Crippen LogP contribution in [0.15, 0.2) is 36.4 Å². The molecular formula is C22H26N2O2S. The second-order valence-electron chi connectivity index (χ2n) is 7.09. The number of carbonyl (C=O) groups excluding carboxylic acids is 2. The number of amides is 2. The number of nitrogens with one attached hydrogen (secondary N) is 1. The lowest BCUT2D eigenvalue weighted by Gasteiger charge is -2.26. The SMILES string of the molecule is Cc1ccc(C)c(CC(=O)Nc2cc(C(=O)N3CCSCC3)ccc2C)c1. The summed E-state index contributed by atoms with van der Waals surface area (Å²) < 4.78 is 0. The second-order valence-corrected chi connectivity index (χ2v) is 8.31. The molecule has 0 atom stereocenters. The van der Waals surface area contributed by atoms with Gasteiger partial charge in [0, 0.05) is 35.8 Å². The third kappa shape index (κ3) is 4.92. The minimum Gasteiger partial charge on any atom is -0.337 e. The Morgan fingerprint density at radius 1 is 1.00 bits per heavy atom. The molecular weight excluding hydrogens is 356 g/mol. The van der Waals surface area contributed by atoms with Crippen molar-refractivity contribution in [1.82, 2.24) is 4.90 Å². The number of rotatable bonds is 4. The van der Waals surface area contributed by atoms with Gasteiger partial charge in [0.05, 0.1) is 6.42 Å². The monoisotopic (exact) mass is 382 g/mol. The van der Waals surface area contributed by atoms with Crippen LogP contribution >= 0.6 is 11.8 Å². The molecule has 2 aromatic carbocycles. The van der Waals surface area contributed by atoms with Crippen molar-refractivity contribution in [3.05, 3.63) is 64.2 Å². The van der Waals surface area contributed by atoms with Gasteiger partial charge in [-0.3, -0.25) is 9.59 Å². The van der Waals surface area contributed by atoms with E-state index in [9.17, 15) is 9.59 Å². The topological polar surface area (TPSA) is 49.4 Å². The zero-order chi connectivity index (χ0) is 19.4. The molecule has 1 aliphatic heterocycles. The predicted molar refractivity (Wildman–Crippen MR) is 113 cm³/mol. The summed E-state index contributed by atoms with van der Waals surface area (Å²) in [6, 6.07) is 11.7. The number of anilines is 1. The number of hydrogen-bond acceptors (Lipinski definition) is 3. The molecule has 0 spiro atoms. The number of aryl methyl sites for hydroxylation is 3. The van der Waals surface area contributed by atoms with Crippen molar-refractivity contribution in [2.75, 3.05) is 29.9 Å². The lowest BCUT2D eigenvalue weighted by atomic mass is 10.0. The molecule has 1 aliphatic rings. The standard InChI is InChI=1S/C22H26N2O2S/c1-15-4-5-16(2)19(12-15)14-21(25)23-20-13-18(7-6-17(20)3)22(26)24-8-10-27-11-9-24/h4-7,12-13H,8-11,14H2,1-3H3,(H,23,25). The van der Waals surface area contributed by atoms with Gasteiger partial charge in [-0.15, -0.1) is 0 Å². The van der Waals surface area contributed by atoms with Crippen LogP contribution in [0.1, 0.15) is 32.6 Å². The molecule has 0 radical (unpaired) electrons. The number of thioether (sulfide) groups is 1. The van der Waals surface area contributed by atoms with E-state index in [1.807, 2.05) is 55.6 Å². The highest BCUT2D eigenvalue weighted by atomic mass is 32.2. The Labute approximate surface area is 165 Å². The van der Waals surface area contributed by atoms with Crippen LogP contribution in [-0.4, -0.2) is 41.3 Å². The molecule has 4 nitrogen and oxygen atoms in total. The summed E-state index contributed by atoms with van der Waals surface area (Å²) >= 11 is 1.88. The molecule has 0 unspecified atom stereocenters. The molecule has 1 heterocycles. The second kappa shape index (κ2) is 8.61. The molecule has 3 rings (SSSR count). The van der Waals surface area contributed by atoms with Crippen molar-refractivity contribution in [2.24, 2.45) is 0 Å². The Balaban J connectivity index is 1.73. The van der Waals surface area contributed by atoms with Gasteiger partial charge in [-0.1, -0.05) is 29.8 Å². The molecule has 1 fully saturated rings. The van der Waals surface area contributed by atoms with Gasteiger partial charge in [0.15, 0.2) is 0 Å². The minimum atomic E-state index is -0.0641. The molecule has 0 saturated carbocycles. The Kier molecular flexibility index (Phi) is 6.22. The van der Waals surface area contributed by atoms with E-state index in [0.717, 1.165) is 46.8 Å². The Morgan fingerprint density at radius 2 is 1.70 bits per heavy atom. The third-order valence-corrected chi connectivity index (χ3v) is 5.86. The van der Waals surface area contributed by atoms with Crippen LogP contribution in [0.25, 0.3) is 0 Å². The van der Waals surface area contributed by atoms with Gasteiger partial charge < -0.3 is 10.2 Å². The molecule has 0 aromatic heterocycles. The predicted octanol–water partition coefficient (Wildman–Crippen LogP) is 3.98. The van der Waals surface area contributed by atoms with Gasteiger partial charge in [-0.05, 0) is 49.6 Å². The summed E-state index contributed by atoms with van der Waals surface area (Å²) in [7, 11) is 0. The summed E-state index contributed by atoms with van der Waals surface area (Å²) in [4.78, 5) is 27.2. The van der Waals surface area contributed by atoms with Gasteiger partial charge in [0.2, 0.25) is 5.91 Å². The van der Waals surface area contributed by atoms with Crippen molar-refractivity contribution in [3.8, 4) is 0 Å². The highest BCUT2D eigenvalue weighted by Gasteiger charge is 2.19. The van der Waals surface area contributed by atoms with Gasteiger partial charge >= 0.3 is 0 Å². The van der Waals surface area contributed by atoms with Gasteiger partial charge in [0.25, 0.3) is 5.91 Å². The van der Waals surface area contributed by atoms with Crippen LogP contribution in [-0.2, 0) is 11.2 Å². The first-order valence-electron chi connectivity index (χ1n) is 9.27. The zero-order valence-corrected chi connectivity index (χ0v) is 17.0. The molecule has 0 bridgehead atoms. The zero-order valence-electron chi connectivity index (χ0n) is 16.2. The highest BCUT2D eigenvalue weighted by molar-refractivity contribution is 7.99. The highest BCUT2D eigenvalue weighted by Crippen LogP contribution is 2.21. The number of carbonyl (C=O) groups is 2. The fourth-order valence-electron chi connectivity index (χ4n) is 3.20. The quantitative estimate of drug-likeness (QED) is 0.870. The molecule has 142 valence electrons. The van der Waals surface area contributed by atoms with Gasteiger partial charge in [-0.2, -0.15) is 11.8 Å². The normalized spacial score (nSPS) is 14.1. The summed E-state index contributed by atoms with van der Waals surface area (Å²) in [5.41, 5.74) is 5.58. The fourth-order valence-corrected chi connectivity index (χ4v) is 4.10. The van der Waals surface area contributed by atoms with Crippen LogP contribution < -0.4 is 5.32 Å². The largest absolute Gasteiger partial charge is 0.337 e. The molecule has 5 heteroatoms. The summed E-state index contributed by atoms with van der Waals surface area (Å²) in [6.07, 6.45) is 0.328. The Bertz CT molecular complexity index is 857. The lowest BCUT2D eigenvalue weighted by molar-refractivity contribution is -0.115. The van der Waals surface area contributed by atoms with Crippen LogP contribution in [0.5, 0.6) is 0 Å². The smallest absolute Gasteiger partial charge is 0.253 e. The van der Waals surface area contributed by atoms with Crippen LogP contribution in [0, 0.1) is 20.8 Å². The Hall–Kier alpha value is -2.27. The molecule has 0 aliphatic carbocycles. The van der Waals surface area contributed by atoms with E-state index in [-0.39, 0.29) is 11.8 Å². The van der Waals surface area contributed by atoms with Crippen LogP contribution in [0.3, 0.4) is 0 Å². The van der Waals surface area contributed by atoms with E-state index in [4.69, 9.17) is 0 Å². The van der Waals surface area contributed by atoms with Crippen molar-refractivity contribution in [2.45, 2.75) is 27.2 Å². The summed E-state index contributed by atoms with van der Waals surface area (Å²) in [6.45, 7) is 7.55. The Morgan fingerprint density at radius 3 is 2.44 bits per heavy atom. The van der Waals surface area contributed by atoms with Gasteiger partial charge in [0.1, 0.15) is 0 Å². The average molecular weight is 383 g/mol. The van der Waals surface area contributed by atoms with E-state index in [2.05, 4.69) is 17.4 Å². The first-order chi connectivity index (χ1) is 12.9. The minimum absolute atomic E-state index is 0.0420. The van der Waals surface area contributed by atoms with E-state index in [1.165, 1.54) is 0 Å². The number of hydrogen-bond donors (Lipinski definition) is 1. The van der Waals surface area contributed by atoms with Crippen molar-refractivity contribution < 1.29 is 9.59 Å². The third-order valence-electron chi connectivity index (χ3n) is 4.91. The molecule has 1 N–H and O–H groups in total. The summed E-state index contributed by atoms with van der Waals surface area (Å²) in [5.74, 6) is 1.94. The van der Waals surface area contributed by atoms with E-state index in [1.54, 1.807) is 6.07 Å². The fraction of sp³-hybridized carbons (Fsp3) is 0.364. The average Bonchev–Trinajstić information content (AvgIpc) is 2.66. The first-order valence-corrected chi connectivity index (χ1v) is 10.4. The van der Waals surface area contributed by atoms with E-state index >= 15 is 0 Å².